The fourth-order valence-corrected chi connectivity index (χ4v) is 4.31. The van der Waals surface area contributed by atoms with E-state index in [4.69, 9.17) is 17.4 Å². The zero-order valence-electron chi connectivity index (χ0n) is 18.4. The van der Waals surface area contributed by atoms with Gasteiger partial charge in [-0.3, -0.25) is 14.5 Å². The normalized spacial score (nSPS) is 22.0. The maximum absolute atomic E-state index is 14.6. The van der Waals surface area contributed by atoms with Crippen molar-refractivity contribution in [3.63, 3.8) is 0 Å². The molecule has 31 heavy (non-hydrogen) atoms. The molecule has 1 aromatic rings. The fourth-order valence-electron chi connectivity index (χ4n) is 4.01. The number of thiol groups is 1. The summed E-state index contributed by atoms with van der Waals surface area (Å²) < 4.78 is 19.6. The van der Waals surface area contributed by atoms with Crippen LogP contribution in [0.5, 0.6) is 0 Å². The van der Waals surface area contributed by atoms with Crippen LogP contribution in [0.25, 0.3) is 0 Å². The fraction of sp³-hybridized carbons (Fsp3) is 0.583. The maximum atomic E-state index is 14.6. The molecule has 7 heteroatoms. The molecule has 3 rings (SSSR count). The van der Waals surface area contributed by atoms with Gasteiger partial charge in [0.1, 0.15) is 5.82 Å². The number of carbonyl (C=O) groups excluding carboxylic acids is 2. The minimum Gasteiger partial charge on any atom is -0.466 e. The Labute approximate surface area is 190 Å². The summed E-state index contributed by atoms with van der Waals surface area (Å²) >= 11 is 4.75. The molecule has 0 amide bonds. The van der Waals surface area contributed by atoms with Crippen molar-refractivity contribution in [3.05, 3.63) is 47.3 Å². The standard InChI is InChI=1S/C24H33FN2O3S/c1-3-30-22(28)12-14-26(2)13-10-18-16-27(15-11-21(18)31)23(24(29)17-8-9-17)19-6-4-5-7-20(19)25/h4-7,10,17,21,23,31H,3,8-9,11-16H2,1-2H3/b18-10+. The van der Waals surface area contributed by atoms with Gasteiger partial charge in [0.15, 0.2) is 5.78 Å². The number of nitrogens with zero attached hydrogens (tertiary/aromatic N) is 2. The predicted octanol–water partition coefficient (Wildman–Crippen LogP) is 3.66. The Morgan fingerprint density at radius 1 is 1.32 bits per heavy atom. The molecule has 1 aliphatic carbocycles. The average molecular weight is 449 g/mol. The number of ether oxygens (including phenoxy) is 1. The van der Waals surface area contributed by atoms with Gasteiger partial charge in [0.2, 0.25) is 0 Å². The molecule has 0 aromatic heterocycles. The third-order valence-electron chi connectivity index (χ3n) is 5.99. The van der Waals surface area contributed by atoms with Crippen molar-refractivity contribution >= 4 is 24.4 Å². The van der Waals surface area contributed by atoms with Crippen LogP contribution >= 0.6 is 12.6 Å². The SMILES string of the molecule is CCOC(=O)CCN(C)C/C=C1\CN(C(C(=O)C2CC2)c2ccccc2F)CCC1S. The zero-order chi connectivity index (χ0) is 22.4. The number of Topliss-reactive ketones (excluding diaryl/α,β-unsaturated/α-hetero) is 1. The number of likely N-dealkylation sites (N-methyl/N-ethyl adjacent to an activating group) is 1. The lowest BCUT2D eigenvalue weighted by Gasteiger charge is -2.38. The van der Waals surface area contributed by atoms with Gasteiger partial charge in [-0.05, 0) is 44.9 Å². The van der Waals surface area contributed by atoms with Crippen molar-refractivity contribution in [1.29, 1.82) is 0 Å². The number of ketones is 1. The lowest BCUT2D eigenvalue weighted by atomic mass is 9.93. The van der Waals surface area contributed by atoms with E-state index in [0.29, 0.717) is 44.8 Å². The van der Waals surface area contributed by atoms with Crippen molar-refractivity contribution in [2.75, 3.05) is 39.8 Å². The highest BCUT2D eigenvalue weighted by Crippen LogP contribution is 2.39. The van der Waals surface area contributed by atoms with Gasteiger partial charge in [-0.1, -0.05) is 24.3 Å². The second-order valence-corrected chi connectivity index (χ2v) is 9.10. The van der Waals surface area contributed by atoms with Crippen molar-refractivity contribution in [2.45, 2.75) is 43.9 Å². The topological polar surface area (TPSA) is 49.9 Å². The summed E-state index contributed by atoms with van der Waals surface area (Å²) in [7, 11) is 1.96. The van der Waals surface area contributed by atoms with E-state index in [1.54, 1.807) is 25.1 Å². The van der Waals surface area contributed by atoms with Crippen molar-refractivity contribution in [2.24, 2.45) is 5.92 Å². The molecule has 1 heterocycles. The Morgan fingerprint density at radius 2 is 2.06 bits per heavy atom. The second kappa shape index (κ2) is 11.2. The van der Waals surface area contributed by atoms with Gasteiger partial charge < -0.3 is 9.64 Å². The summed E-state index contributed by atoms with van der Waals surface area (Å²) in [4.78, 5) is 28.8. The minimum atomic E-state index is -0.542. The van der Waals surface area contributed by atoms with Crippen LogP contribution in [0.1, 0.15) is 44.2 Å². The summed E-state index contributed by atoms with van der Waals surface area (Å²) in [5.74, 6) is -0.323. The number of likely N-dealkylation sites (tertiary alicyclic amines) is 1. The molecule has 0 bridgehead atoms. The number of hydrogen-bond donors (Lipinski definition) is 1. The van der Waals surface area contributed by atoms with E-state index in [0.717, 1.165) is 24.8 Å². The summed E-state index contributed by atoms with van der Waals surface area (Å²) in [5, 5.41) is 0.118. The third-order valence-corrected chi connectivity index (χ3v) is 6.58. The molecule has 0 radical (unpaired) electrons. The first kappa shape index (κ1) is 24.0. The van der Waals surface area contributed by atoms with Crippen molar-refractivity contribution < 1.29 is 18.7 Å². The molecule has 0 N–H and O–H groups in total. The van der Waals surface area contributed by atoms with E-state index in [1.165, 1.54) is 6.07 Å². The molecular weight excluding hydrogens is 415 g/mol. The first-order valence-corrected chi connectivity index (χ1v) is 11.7. The van der Waals surface area contributed by atoms with Gasteiger partial charge in [-0.25, -0.2) is 4.39 Å². The second-order valence-electron chi connectivity index (χ2n) is 8.47. The average Bonchev–Trinajstić information content (AvgIpc) is 3.59. The van der Waals surface area contributed by atoms with Gasteiger partial charge in [0, 0.05) is 42.9 Å². The summed E-state index contributed by atoms with van der Waals surface area (Å²) in [6.07, 6.45) is 5.11. The van der Waals surface area contributed by atoms with E-state index in [1.807, 2.05) is 7.05 Å². The van der Waals surface area contributed by atoms with Crippen LogP contribution in [0.4, 0.5) is 4.39 Å². The van der Waals surface area contributed by atoms with Gasteiger partial charge in [-0.15, -0.1) is 0 Å². The van der Waals surface area contributed by atoms with Gasteiger partial charge in [0.25, 0.3) is 0 Å². The first-order valence-electron chi connectivity index (χ1n) is 11.1. The molecule has 1 aromatic carbocycles. The number of benzene rings is 1. The van der Waals surface area contributed by atoms with E-state index in [-0.39, 0.29) is 28.7 Å². The van der Waals surface area contributed by atoms with Crippen LogP contribution in [0, 0.1) is 11.7 Å². The number of esters is 1. The van der Waals surface area contributed by atoms with E-state index in [2.05, 4.69) is 15.9 Å². The van der Waals surface area contributed by atoms with Crippen LogP contribution in [0.3, 0.4) is 0 Å². The van der Waals surface area contributed by atoms with E-state index in [9.17, 15) is 14.0 Å². The molecule has 170 valence electrons. The maximum Gasteiger partial charge on any atom is 0.307 e. The van der Waals surface area contributed by atoms with Crippen LogP contribution in [0.15, 0.2) is 35.9 Å². The molecule has 5 nitrogen and oxygen atoms in total. The van der Waals surface area contributed by atoms with Crippen molar-refractivity contribution in [3.8, 4) is 0 Å². The van der Waals surface area contributed by atoms with Gasteiger partial charge in [0.05, 0.1) is 19.1 Å². The molecule has 2 aliphatic rings. The molecule has 0 spiro atoms. The monoisotopic (exact) mass is 448 g/mol. The Morgan fingerprint density at radius 3 is 2.74 bits per heavy atom. The van der Waals surface area contributed by atoms with Gasteiger partial charge in [-0.2, -0.15) is 12.6 Å². The molecule has 1 saturated carbocycles. The number of halogens is 1. The lowest BCUT2D eigenvalue weighted by Crippen LogP contribution is -2.43. The quantitative estimate of drug-likeness (QED) is 0.336. The lowest BCUT2D eigenvalue weighted by molar-refractivity contribution is -0.143. The number of carbonyl (C=O) groups is 2. The van der Waals surface area contributed by atoms with Gasteiger partial charge >= 0.3 is 5.97 Å². The highest BCUT2D eigenvalue weighted by Gasteiger charge is 2.40. The Hall–Kier alpha value is -1.70. The number of piperidine rings is 1. The summed E-state index contributed by atoms with van der Waals surface area (Å²) in [6.45, 7) is 4.80. The van der Waals surface area contributed by atoms with Crippen LogP contribution in [0.2, 0.25) is 0 Å². The van der Waals surface area contributed by atoms with E-state index >= 15 is 0 Å². The Balaban J connectivity index is 1.69. The number of rotatable bonds is 10. The largest absolute Gasteiger partial charge is 0.466 e. The van der Waals surface area contributed by atoms with Crippen LogP contribution < -0.4 is 0 Å². The highest BCUT2D eigenvalue weighted by atomic mass is 32.1. The number of hydrogen-bond acceptors (Lipinski definition) is 6. The summed E-state index contributed by atoms with van der Waals surface area (Å²) in [6, 6.07) is 6.09. The molecular formula is C24H33FN2O3S. The Bertz CT molecular complexity index is 812. The summed E-state index contributed by atoms with van der Waals surface area (Å²) in [5.41, 5.74) is 1.62. The molecule has 2 atom stereocenters. The molecule has 2 fully saturated rings. The first-order chi connectivity index (χ1) is 14.9. The molecule has 1 aliphatic heterocycles. The molecule has 2 unspecified atom stereocenters. The van der Waals surface area contributed by atoms with Crippen LogP contribution in [-0.2, 0) is 14.3 Å². The van der Waals surface area contributed by atoms with Crippen molar-refractivity contribution in [1.82, 2.24) is 9.80 Å². The predicted molar refractivity (Wildman–Crippen MR) is 123 cm³/mol. The Kier molecular flexibility index (Phi) is 8.69. The smallest absolute Gasteiger partial charge is 0.307 e. The highest BCUT2D eigenvalue weighted by molar-refractivity contribution is 7.81. The molecule has 1 saturated heterocycles. The third kappa shape index (κ3) is 6.64. The zero-order valence-corrected chi connectivity index (χ0v) is 19.3. The van der Waals surface area contributed by atoms with Crippen LogP contribution in [-0.4, -0.2) is 66.6 Å². The minimum absolute atomic E-state index is 0.0553. The van der Waals surface area contributed by atoms with E-state index < -0.39 is 6.04 Å².